The minimum atomic E-state index is -4.40. The summed E-state index contributed by atoms with van der Waals surface area (Å²) in [5.41, 5.74) is 5.48. The van der Waals surface area contributed by atoms with Crippen molar-refractivity contribution in [3.8, 4) is 11.1 Å². The fraction of sp³-hybridized carbons (Fsp3) is 0.525. The first-order valence-electron chi connectivity index (χ1n) is 17.9. The molecule has 0 bridgehead atoms. The molecule has 3 saturated heterocycles. The maximum Gasteiger partial charge on any atom is 0.416 e. The van der Waals surface area contributed by atoms with Gasteiger partial charge in [-0.1, -0.05) is 73.4 Å². The summed E-state index contributed by atoms with van der Waals surface area (Å²) < 4.78 is 41.3. The third-order valence-electron chi connectivity index (χ3n) is 12.3. The molecule has 47 heavy (non-hydrogen) atoms. The summed E-state index contributed by atoms with van der Waals surface area (Å²) in [6.07, 6.45) is 4.58. The molecule has 2 aliphatic carbocycles. The molecule has 0 spiro atoms. The molecule has 3 aromatic rings. The van der Waals surface area contributed by atoms with Gasteiger partial charge in [-0.05, 0) is 73.4 Å². The monoisotopic (exact) mass is 641 g/mol. The first-order chi connectivity index (χ1) is 22.7. The van der Waals surface area contributed by atoms with Gasteiger partial charge in [0.05, 0.1) is 11.5 Å². The van der Waals surface area contributed by atoms with Gasteiger partial charge in [0.25, 0.3) is 0 Å². The van der Waals surface area contributed by atoms with E-state index in [4.69, 9.17) is 0 Å². The number of likely N-dealkylation sites (tertiary alicyclic amines) is 2. The van der Waals surface area contributed by atoms with Crippen molar-refractivity contribution in [2.24, 2.45) is 17.8 Å². The van der Waals surface area contributed by atoms with Crippen LogP contribution in [0, 0.1) is 24.7 Å². The van der Waals surface area contributed by atoms with Gasteiger partial charge in [-0.25, -0.2) is 0 Å². The van der Waals surface area contributed by atoms with Gasteiger partial charge in [-0.2, -0.15) is 13.2 Å². The highest BCUT2D eigenvalue weighted by molar-refractivity contribution is 5.82. The number of anilines is 1. The molecule has 248 valence electrons. The maximum atomic E-state index is 14.4. The Morgan fingerprint density at radius 3 is 2.00 bits per heavy atom. The van der Waals surface area contributed by atoms with Crippen molar-refractivity contribution in [1.29, 1.82) is 0 Å². The van der Waals surface area contributed by atoms with Crippen LogP contribution >= 0.6 is 0 Å². The van der Waals surface area contributed by atoms with Gasteiger partial charge in [0.15, 0.2) is 0 Å². The average molecular weight is 642 g/mol. The summed E-state index contributed by atoms with van der Waals surface area (Å²) in [5, 5.41) is 0. The van der Waals surface area contributed by atoms with E-state index in [1.807, 2.05) is 31.2 Å². The fourth-order valence-corrected chi connectivity index (χ4v) is 9.30. The number of alkyl halides is 3. The predicted molar refractivity (Wildman–Crippen MR) is 180 cm³/mol. The molecule has 3 heterocycles. The van der Waals surface area contributed by atoms with E-state index in [0.717, 1.165) is 56.1 Å². The second-order valence-corrected chi connectivity index (χ2v) is 15.2. The van der Waals surface area contributed by atoms with Gasteiger partial charge in [0.1, 0.15) is 0 Å². The lowest BCUT2D eigenvalue weighted by molar-refractivity contribution is -0.137. The molecule has 0 aromatic heterocycles. The molecule has 3 aromatic carbocycles. The SMILES string of the molecule is Cc1ccc(-c2cc(C(F)(F)F)ccc2N2CC3CN(C(=O)C4CN(C5CCCC5)C[C@H]4c4ccc(C5CCC5)cc4)CC3C2)cc1. The van der Waals surface area contributed by atoms with Crippen LogP contribution in [0.25, 0.3) is 11.1 Å². The van der Waals surface area contributed by atoms with E-state index >= 15 is 0 Å². The Hall–Kier alpha value is -3.32. The van der Waals surface area contributed by atoms with Crippen molar-refractivity contribution in [3.63, 3.8) is 0 Å². The number of hydrogen-bond acceptors (Lipinski definition) is 3. The Balaban J connectivity index is 0.991. The van der Waals surface area contributed by atoms with Crippen molar-refractivity contribution in [2.45, 2.75) is 75.9 Å². The van der Waals surface area contributed by atoms with Gasteiger partial charge in [-0.3, -0.25) is 9.69 Å². The van der Waals surface area contributed by atoms with Crippen LogP contribution in [0.1, 0.15) is 79.0 Å². The van der Waals surface area contributed by atoms with E-state index in [1.165, 1.54) is 68.2 Å². The van der Waals surface area contributed by atoms with E-state index in [2.05, 4.69) is 39.0 Å². The highest BCUT2D eigenvalue weighted by Gasteiger charge is 2.48. The van der Waals surface area contributed by atoms with E-state index in [9.17, 15) is 18.0 Å². The molecule has 5 fully saturated rings. The number of fused-ring (bicyclic) bond motifs is 1. The number of hydrogen-bond donors (Lipinski definition) is 0. The normalized spacial score (nSPS) is 27.1. The largest absolute Gasteiger partial charge is 0.416 e. The third kappa shape index (κ3) is 5.98. The minimum absolute atomic E-state index is 0.0249. The van der Waals surface area contributed by atoms with Crippen molar-refractivity contribution in [1.82, 2.24) is 9.80 Å². The van der Waals surface area contributed by atoms with Crippen molar-refractivity contribution < 1.29 is 18.0 Å². The zero-order chi connectivity index (χ0) is 32.3. The Bertz CT molecular complexity index is 1580. The smallest absolute Gasteiger partial charge is 0.370 e. The Kier molecular flexibility index (Phi) is 8.10. The average Bonchev–Trinajstić information content (AvgIpc) is 3.84. The molecular formula is C40H46F3N3O. The number of amides is 1. The summed E-state index contributed by atoms with van der Waals surface area (Å²) in [6.45, 7) is 6.77. The number of nitrogens with zero attached hydrogens (tertiary/aromatic N) is 3. The molecule has 3 unspecified atom stereocenters. The summed E-state index contributed by atoms with van der Waals surface area (Å²) in [6, 6.07) is 21.8. The summed E-state index contributed by atoms with van der Waals surface area (Å²) in [5.74, 6) is 1.84. The topological polar surface area (TPSA) is 26.8 Å². The zero-order valence-corrected chi connectivity index (χ0v) is 27.4. The molecular weight excluding hydrogens is 595 g/mol. The maximum absolute atomic E-state index is 14.4. The molecule has 4 atom stereocenters. The van der Waals surface area contributed by atoms with Crippen LogP contribution in [-0.2, 0) is 11.0 Å². The first kappa shape index (κ1) is 31.0. The Morgan fingerprint density at radius 1 is 0.723 bits per heavy atom. The van der Waals surface area contributed by atoms with Gasteiger partial charge >= 0.3 is 6.18 Å². The summed E-state index contributed by atoms with van der Waals surface area (Å²) in [4.78, 5) is 21.4. The molecule has 5 aliphatic rings. The molecule has 4 nitrogen and oxygen atoms in total. The Labute approximate surface area is 276 Å². The van der Waals surface area contributed by atoms with Crippen LogP contribution < -0.4 is 4.90 Å². The van der Waals surface area contributed by atoms with Gasteiger partial charge < -0.3 is 9.80 Å². The minimum Gasteiger partial charge on any atom is -0.370 e. The van der Waals surface area contributed by atoms with Crippen LogP contribution in [0.4, 0.5) is 18.9 Å². The van der Waals surface area contributed by atoms with E-state index < -0.39 is 11.7 Å². The standard InChI is InChI=1S/C40H46F3N3O/c1-26-9-11-29(12-10-26)35-19-33(40(41,42)43)17-18-38(35)45-20-31-22-46(23-32(31)21-45)39(47)37-25-44(34-7-2-3-8-34)24-36(37)30-15-13-28(14-16-30)27-5-4-6-27/h9-19,27,31-32,34,36-37H,2-8,20-25H2,1H3/t31?,32?,36-,37?/m0/s1. The van der Waals surface area contributed by atoms with Crippen LogP contribution in [0.5, 0.6) is 0 Å². The van der Waals surface area contributed by atoms with Gasteiger partial charge in [0, 0.05) is 74.3 Å². The molecule has 1 amide bonds. The zero-order valence-electron chi connectivity index (χ0n) is 27.4. The Morgan fingerprint density at radius 2 is 1.38 bits per heavy atom. The highest BCUT2D eigenvalue weighted by atomic mass is 19.4. The van der Waals surface area contributed by atoms with E-state index in [0.29, 0.717) is 35.3 Å². The summed E-state index contributed by atoms with van der Waals surface area (Å²) >= 11 is 0. The lowest BCUT2D eigenvalue weighted by Gasteiger charge is -2.29. The molecule has 7 heteroatoms. The van der Waals surface area contributed by atoms with Crippen molar-refractivity contribution >= 4 is 11.6 Å². The number of aryl methyl sites for hydroxylation is 1. The van der Waals surface area contributed by atoms with Crippen LogP contribution in [0.3, 0.4) is 0 Å². The number of carbonyl (C=O) groups excluding carboxylic acids is 1. The molecule has 0 N–H and O–H groups in total. The van der Waals surface area contributed by atoms with Crippen LogP contribution in [0.2, 0.25) is 0 Å². The van der Waals surface area contributed by atoms with E-state index in [-0.39, 0.29) is 11.8 Å². The van der Waals surface area contributed by atoms with E-state index in [1.54, 1.807) is 6.07 Å². The second kappa shape index (κ2) is 12.3. The highest BCUT2D eigenvalue weighted by Crippen LogP contribution is 2.44. The second-order valence-electron chi connectivity index (χ2n) is 15.2. The quantitative estimate of drug-likeness (QED) is 0.270. The molecule has 2 saturated carbocycles. The number of halogens is 3. The number of carbonyl (C=O) groups is 1. The molecule has 3 aliphatic heterocycles. The van der Waals surface area contributed by atoms with Crippen molar-refractivity contribution in [3.05, 3.63) is 89.0 Å². The fourth-order valence-electron chi connectivity index (χ4n) is 9.30. The van der Waals surface area contributed by atoms with Crippen LogP contribution in [0.15, 0.2) is 66.7 Å². The lowest BCUT2D eigenvalue weighted by atomic mass is 9.79. The summed E-state index contributed by atoms with van der Waals surface area (Å²) in [7, 11) is 0. The van der Waals surface area contributed by atoms with Crippen molar-refractivity contribution in [2.75, 3.05) is 44.2 Å². The van der Waals surface area contributed by atoms with Crippen LogP contribution in [-0.4, -0.2) is 61.0 Å². The number of rotatable bonds is 6. The van der Waals surface area contributed by atoms with Gasteiger partial charge in [-0.15, -0.1) is 0 Å². The van der Waals surface area contributed by atoms with Gasteiger partial charge in [0.2, 0.25) is 5.91 Å². The predicted octanol–water partition coefficient (Wildman–Crippen LogP) is 8.50. The molecule has 8 rings (SSSR count). The third-order valence-corrected chi connectivity index (χ3v) is 12.3. The molecule has 0 radical (unpaired) electrons. The lowest BCUT2D eigenvalue weighted by Crippen LogP contribution is -2.40. The number of benzene rings is 3. The first-order valence-corrected chi connectivity index (χ1v) is 17.9.